The first-order valence-corrected chi connectivity index (χ1v) is 3.97. The molecule has 80 valence electrons. The minimum atomic E-state index is -1.25. The summed E-state index contributed by atoms with van der Waals surface area (Å²) < 4.78 is 4.64. The zero-order valence-corrected chi connectivity index (χ0v) is 7.20. The molecule has 0 aromatic heterocycles. The lowest BCUT2D eigenvalue weighted by molar-refractivity contribution is -0.144. The van der Waals surface area contributed by atoms with Gasteiger partial charge in [-0.1, -0.05) is 0 Å². The summed E-state index contributed by atoms with van der Waals surface area (Å²) in [6.45, 7) is -1.12. The number of hydrogen-bond acceptors (Lipinski definition) is 6. The van der Waals surface area contributed by atoms with Crippen molar-refractivity contribution in [1.82, 2.24) is 0 Å². The fraction of sp³-hybridized carbons (Fsp3) is 1.00. The molecule has 0 aromatic carbocycles. The Morgan fingerprint density at radius 2 is 1.46 bits per heavy atom. The molecule has 0 spiro atoms. The third-order valence-electron chi connectivity index (χ3n) is 1.38. The van der Waals surface area contributed by atoms with Gasteiger partial charge in [-0.05, 0) is 0 Å². The van der Waals surface area contributed by atoms with Crippen molar-refractivity contribution in [2.24, 2.45) is 0 Å². The van der Waals surface area contributed by atoms with Crippen molar-refractivity contribution in [3.63, 3.8) is 0 Å². The van der Waals surface area contributed by atoms with Gasteiger partial charge in [0.1, 0.15) is 6.10 Å². The molecule has 6 heteroatoms. The second-order valence-electron chi connectivity index (χ2n) is 2.70. The first kappa shape index (κ1) is 12.8. The summed E-state index contributed by atoms with van der Waals surface area (Å²) >= 11 is 0. The van der Waals surface area contributed by atoms with E-state index in [2.05, 4.69) is 4.74 Å². The lowest BCUT2D eigenvalue weighted by atomic mass is 10.2. The quantitative estimate of drug-likeness (QED) is 0.286. The van der Waals surface area contributed by atoms with Crippen LogP contribution in [0.1, 0.15) is 6.42 Å². The molecule has 0 aliphatic rings. The van der Waals surface area contributed by atoms with E-state index in [1.165, 1.54) is 0 Å². The van der Waals surface area contributed by atoms with Gasteiger partial charge in [-0.15, -0.1) is 0 Å². The molecule has 0 heterocycles. The van der Waals surface area contributed by atoms with Crippen LogP contribution in [0.5, 0.6) is 0 Å². The highest BCUT2D eigenvalue weighted by molar-refractivity contribution is 4.56. The molecule has 13 heavy (non-hydrogen) atoms. The van der Waals surface area contributed by atoms with Gasteiger partial charge in [0.25, 0.3) is 0 Å². The van der Waals surface area contributed by atoms with Crippen molar-refractivity contribution in [1.29, 1.82) is 0 Å². The Bertz CT molecular complexity index is 120. The Hall–Kier alpha value is -0.240. The van der Waals surface area contributed by atoms with E-state index >= 15 is 0 Å². The van der Waals surface area contributed by atoms with Gasteiger partial charge in [-0.25, -0.2) is 0 Å². The second-order valence-corrected chi connectivity index (χ2v) is 2.70. The van der Waals surface area contributed by atoms with Crippen LogP contribution in [-0.2, 0) is 4.74 Å². The minimum absolute atomic E-state index is 0.130. The fourth-order valence-corrected chi connectivity index (χ4v) is 0.650. The maximum atomic E-state index is 9.01. The molecule has 0 aliphatic heterocycles. The predicted octanol–water partition coefficient (Wildman–Crippen LogP) is -2.58. The van der Waals surface area contributed by atoms with Gasteiger partial charge in [0.15, 0.2) is 6.29 Å². The van der Waals surface area contributed by atoms with E-state index in [9.17, 15) is 0 Å². The molecular weight excluding hydrogens is 180 g/mol. The molecule has 0 aliphatic carbocycles. The van der Waals surface area contributed by atoms with Crippen LogP contribution >= 0.6 is 0 Å². The number of aliphatic hydroxyl groups is 5. The molecule has 0 saturated heterocycles. The summed E-state index contributed by atoms with van der Waals surface area (Å²) in [6, 6.07) is 0. The van der Waals surface area contributed by atoms with Crippen molar-refractivity contribution in [3.05, 3.63) is 0 Å². The van der Waals surface area contributed by atoms with Crippen molar-refractivity contribution in [2.45, 2.75) is 24.9 Å². The SMILES string of the molecule is OCC(O)COC(O)CC(O)CO. The van der Waals surface area contributed by atoms with Gasteiger partial charge in [0, 0.05) is 6.42 Å². The monoisotopic (exact) mass is 196 g/mol. The summed E-state index contributed by atoms with van der Waals surface area (Å²) in [7, 11) is 0. The molecule has 3 unspecified atom stereocenters. The number of aliphatic hydroxyl groups excluding tert-OH is 5. The molecule has 0 amide bonds. The Labute approximate surface area is 76.0 Å². The van der Waals surface area contributed by atoms with E-state index in [0.29, 0.717) is 0 Å². The molecule has 0 aromatic rings. The van der Waals surface area contributed by atoms with E-state index < -0.39 is 31.7 Å². The molecule has 0 fully saturated rings. The minimum Gasteiger partial charge on any atom is -0.394 e. The number of ether oxygens (including phenoxy) is 1. The molecule has 6 nitrogen and oxygen atoms in total. The highest BCUT2D eigenvalue weighted by atomic mass is 16.6. The maximum absolute atomic E-state index is 9.01. The standard InChI is InChI=1S/C7H16O6/c8-2-5(10)1-7(12)13-4-6(11)3-9/h5-12H,1-4H2. The molecular formula is C7H16O6. The Balaban J connectivity index is 3.45. The van der Waals surface area contributed by atoms with Gasteiger partial charge in [0.2, 0.25) is 0 Å². The number of rotatable bonds is 7. The lowest BCUT2D eigenvalue weighted by Gasteiger charge is -2.16. The molecule has 5 N–H and O–H groups in total. The summed E-state index contributed by atoms with van der Waals surface area (Å²) in [4.78, 5) is 0. The highest BCUT2D eigenvalue weighted by Crippen LogP contribution is 2.00. The average molecular weight is 196 g/mol. The van der Waals surface area contributed by atoms with Gasteiger partial charge >= 0.3 is 0 Å². The van der Waals surface area contributed by atoms with Crippen LogP contribution in [0.25, 0.3) is 0 Å². The van der Waals surface area contributed by atoms with E-state index in [1.807, 2.05) is 0 Å². The first-order chi connectivity index (χ1) is 6.10. The first-order valence-electron chi connectivity index (χ1n) is 3.97. The zero-order valence-electron chi connectivity index (χ0n) is 7.20. The van der Waals surface area contributed by atoms with E-state index in [1.54, 1.807) is 0 Å². The van der Waals surface area contributed by atoms with Gasteiger partial charge < -0.3 is 30.3 Å². The van der Waals surface area contributed by atoms with E-state index in [4.69, 9.17) is 25.5 Å². The molecule has 0 radical (unpaired) electrons. The Kier molecular flexibility index (Phi) is 7.06. The maximum Gasteiger partial charge on any atom is 0.157 e. The third-order valence-corrected chi connectivity index (χ3v) is 1.38. The van der Waals surface area contributed by atoms with Crippen molar-refractivity contribution >= 4 is 0 Å². The van der Waals surface area contributed by atoms with Crippen LogP contribution in [0.15, 0.2) is 0 Å². The smallest absolute Gasteiger partial charge is 0.157 e. The highest BCUT2D eigenvalue weighted by Gasteiger charge is 2.12. The van der Waals surface area contributed by atoms with Crippen LogP contribution in [-0.4, -0.2) is 63.9 Å². The largest absolute Gasteiger partial charge is 0.394 e. The van der Waals surface area contributed by atoms with Crippen LogP contribution in [0.2, 0.25) is 0 Å². The summed E-state index contributed by atoms with van der Waals surface area (Å²) in [5.74, 6) is 0. The van der Waals surface area contributed by atoms with Crippen LogP contribution in [0.4, 0.5) is 0 Å². The molecule has 0 saturated carbocycles. The predicted molar refractivity (Wildman–Crippen MR) is 42.8 cm³/mol. The summed E-state index contributed by atoms with van der Waals surface area (Å²) in [6.07, 6.45) is -3.46. The second kappa shape index (κ2) is 7.19. The fourth-order valence-electron chi connectivity index (χ4n) is 0.650. The van der Waals surface area contributed by atoms with E-state index in [0.717, 1.165) is 0 Å². The Morgan fingerprint density at radius 3 is 1.92 bits per heavy atom. The van der Waals surface area contributed by atoms with Crippen molar-refractivity contribution in [2.75, 3.05) is 19.8 Å². The lowest BCUT2D eigenvalue weighted by Crippen LogP contribution is -2.28. The molecule has 0 bridgehead atoms. The molecule has 3 atom stereocenters. The van der Waals surface area contributed by atoms with Crippen LogP contribution in [0, 0.1) is 0 Å². The topological polar surface area (TPSA) is 110 Å². The average Bonchev–Trinajstić information content (AvgIpc) is 2.13. The molecule has 0 rings (SSSR count). The van der Waals surface area contributed by atoms with Gasteiger partial charge in [-0.3, -0.25) is 0 Å². The van der Waals surface area contributed by atoms with Gasteiger partial charge in [-0.2, -0.15) is 0 Å². The summed E-state index contributed by atoms with van der Waals surface area (Å²) in [5, 5.41) is 43.4. The Morgan fingerprint density at radius 1 is 0.923 bits per heavy atom. The summed E-state index contributed by atoms with van der Waals surface area (Å²) in [5.41, 5.74) is 0. The van der Waals surface area contributed by atoms with Crippen LogP contribution in [0.3, 0.4) is 0 Å². The number of hydrogen-bond donors (Lipinski definition) is 5. The van der Waals surface area contributed by atoms with E-state index in [-0.39, 0.29) is 13.0 Å². The zero-order chi connectivity index (χ0) is 10.3. The van der Waals surface area contributed by atoms with Crippen LogP contribution < -0.4 is 0 Å². The van der Waals surface area contributed by atoms with Gasteiger partial charge in [0.05, 0.1) is 25.9 Å². The van der Waals surface area contributed by atoms with Crippen molar-refractivity contribution < 1.29 is 30.3 Å². The third kappa shape index (κ3) is 6.88. The normalized spacial score (nSPS) is 18.2. The van der Waals surface area contributed by atoms with Crippen molar-refractivity contribution in [3.8, 4) is 0 Å².